The molecule has 1 unspecified atom stereocenters. The topological polar surface area (TPSA) is 68.8 Å². The van der Waals surface area contributed by atoms with Crippen molar-refractivity contribution in [2.24, 2.45) is 0 Å². The molecule has 1 spiro atoms. The second-order valence-electron chi connectivity index (χ2n) is 7.38. The quantitative estimate of drug-likeness (QED) is 0.843. The minimum absolute atomic E-state index is 0.0465. The minimum Gasteiger partial charge on any atom is -0.323 e. The molecule has 0 radical (unpaired) electrons. The van der Waals surface area contributed by atoms with Gasteiger partial charge in [-0.25, -0.2) is 4.79 Å². The molecule has 8 heteroatoms. The second-order valence-corrected chi connectivity index (χ2v) is 7.82. The lowest BCUT2D eigenvalue weighted by atomic mass is 9.92. The molecule has 1 atom stereocenters. The molecule has 7 nitrogen and oxygen atoms in total. The summed E-state index contributed by atoms with van der Waals surface area (Å²) in [6, 6.07) is 10.6. The van der Waals surface area contributed by atoms with E-state index in [2.05, 4.69) is 15.2 Å². The molecule has 0 saturated carbocycles. The number of rotatable bonds is 2. The van der Waals surface area contributed by atoms with E-state index >= 15 is 0 Å². The van der Waals surface area contributed by atoms with Gasteiger partial charge in [0.15, 0.2) is 0 Å². The Balaban J connectivity index is 1.48. The highest BCUT2D eigenvalue weighted by Crippen LogP contribution is 2.33. The molecule has 3 amide bonds. The molecule has 2 aromatic rings. The van der Waals surface area contributed by atoms with Gasteiger partial charge in [0, 0.05) is 36.5 Å². The Hall–Kier alpha value is -2.64. The van der Waals surface area contributed by atoms with Gasteiger partial charge in [0.2, 0.25) is 5.91 Å². The third kappa shape index (κ3) is 3.55. The van der Waals surface area contributed by atoms with Crippen LogP contribution in [0, 0.1) is 0 Å². The number of nitrogens with one attached hydrogen (secondary N) is 1. The number of benzene rings is 1. The van der Waals surface area contributed by atoms with Crippen LogP contribution in [0.15, 0.2) is 48.8 Å². The molecule has 1 aromatic carbocycles. The predicted octanol–water partition coefficient (Wildman–Crippen LogP) is 2.69. The second kappa shape index (κ2) is 7.41. The van der Waals surface area contributed by atoms with Crippen LogP contribution in [0.5, 0.6) is 0 Å². The first-order chi connectivity index (χ1) is 13.5. The van der Waals surface area contributed by atoms with Crippen molar-refractivity contribution in [3.05, 3.63) is 53.8 Å². The summed E-state index contributed by atoms with van der Waals surface area (Å²) in [4.78, 5) is 35.1. The summed E-state index contributed by atoms with van der Waals surface area (Å²) in [5.74, 6) is 0.0465. The standard InChI is InChI=1S/C20H22ClN5O2/c1-24-12-18(27)26(17-3-2-9-22-11-17)14-20(24)8-10-25(13-20)19(28)23-16-6-4-15(21)5-7-16/h2-7,9,11H,8,10,12-14H2,1H3,(H,23,28). The first kappa shape index (κ1) is 18.7. The number of anilines is 2. The molecule has 2 aliphatic heterocycles. The van der Waals surface area contributed by atoms with Gasteiger partial charge in [0.25, 0.3) is 0 Å². The SMILES string of the molecule is CN1CC(=O)N(c2cccnc2)CC12CCN(C(=O)Nc1ccc(Cl)cc1)C2. The van der Waals surface area contributed by atoms with Crippen molar-refractivity contribution in [2.45, 2.75) is 12.0 Å². The number of hydrogen-bond donors (Lipinski definition) is 1. The Kier molecular flexibility index (Phi) is 4.95. The highest BCUT2D eigenvalue weighted by molar-refractivity contribution is 6.30. The average molecular weight is 400 g/mol. The van der Waals surface area contributed by atoms with Crippen LogP contribution in [-0.4, -0.2) is 65.5 Å². The number of urea groups is 1. The van der Waals surface area contributed by atoms with E-state index in [1.807, 2.05) is 24.1 Å². The van der Waals surface area contributed by atoms with Gasteiger partial charge in [0.1, 0.15) is 0 Å². The number of amides is 3. The summed E-state index contributed by atoms with van der Waals surface area (Å²) in [5.41, 5.74) is 1.24. The van der Waals surface area contributed by atoms with Crippen molar-refractivity contribution in [2.75, 3.05) is 43.4 Å². The minimum atomic E-state index is -0.263. The fraction of sp³-hybridized carbons (Fsp3) is 0.350. The Morgan fingerprint density at radius 1 is 1.21 bits per heavy atom. The van der Waals surface area contributed by atoms with Crippen molar-refractivity contribution in [1.82, 2.24) is 14.8 Å². The summed E-state index contributed by atoms with van der Waals surface area (Å²) in [6.07, 6.45) is 4.21. The normalized spacial score (nSPS) is 22.7. The van der Waals surface area contributed by atoms with Crippen LogP contribution in [0.25, 0.3) is 0 Å². The molecule has 2 fully saturated rings. The van der Waals surface area contributed by atoms with Crippen LogP contribution in [0.4, 0.5) is 16.2 Å². The molecule has 28 heavy (non-hydrogen) atoms. The summed E-state index contributed by atoms with van der Waals surface area (Å²) < 4.78 is 0. The van der Waals surface area contributed by atoms with Crippen LogP contribution in [0.3, 0.4) is 0 Å². The van der Waals surface area contributed by atoms with Crippen molar-refractivity contribution in [3.63, 3.8) is 0 Å². The van der Waals surface area contributed by atoms with Gasteiger partial charge in [-0.2, -0.15) is 0 Å². The van der Waals surface area contributed by atoms with Gasteiger partial charge in [-0.3, -0.25) is 14.7 Å². The van der Waals surface area contributed by atoms with E-state index in [4.69, 9.17) is 11.6 Å². The first-order valence-corrected chi connectivity index (χ1v) is 9.58. The van der Waals surface area contributed by atoms with E-state index < -0.39 is 0 Å². The number of nitrogens with zero attached hydrogens (tertiary/aromatic N) is 4. The molecular weight excluding hydrogens is 378 g/mol. The fourth-order valence-corrected chi connectivity index (χ4v) is 4.04. The van der Waals surface area contributed by atoms with Crippen molar-refractivity contribution >= 4 is 34.9 Å². The number of likely N-dealkylation sites (tertiary alicyclic amines) is 1. The summed E-state index contributed by atoms with van der Waals surface area (Å²) in [6.45, 7) is 2.06. The highest BCUT2D eigenvalue weighted by atomic mass is 35.5. The monoisotopic (exact) mass is 399 g/mol. The summed E-state index contributed by atoms with van der Waals surface area (Å²) in [7, 11) is 1.96. The van der Waals surface area contributed by atoms with Gasteiger partial charge in [-0.15, -0.1) is 0 Å². The van der Waals surface area contributed by atoms with Crippen LogP contribution < -0.4 is 10.2 Å². The lowest BCUT2D eigenvalue weighted by molar-refractivity contribution is -0.123. The third-order valence-electron chi connectivity index (χ3n) is 5.61. The van der Waals surface area contributed by atoms with Crippen LogP contribution in [0.1, 0.15) is 6.42 Å². The molecular formula is C20H22ClN5O2. The summed E-state index contributed by atoms with van der Waals surface area (Å²) in [5, 5.41) is 3.55. The maximum Gasteiger partial charge on any atom is 0.321 e. The van der Waals surface area contributed by atoms with Crippen molar-refractivity contribution in [1.29, 1.82) is 0 Å². The number of likely N-dealkylation sites (N-methyl/N-ethyl adjacent to an activating group) is 1. The lowest BCUT2D eigenvalue weighted by Gasteiger charge is -2.46. The van der Waals surface area contributed by atoms with E-state index in [-0.39, 0.29) is 17.5 Å². The van der Waals surface area contributed by atoms with E-state index in [1.165, 1.54) is 0 Å². The van der Waals surface area contributed by atoms with Crippen molar-refractivity contribution in [3.8, 4) is 0 Å². The Bertz CT molecular complexity index is 876. The van der Waals surface area contributed by atoms with Crippen LogP contribution in [0.2, 0.25) is 5.02 Å². The van der Waals surface area contributed by atoms with Crippen LogP contribution >= 0.6 is 11.6 Å². The highest BCUT2D eigenvalue weighted by Gasteiger charge is 2.48. The number of pyridine rings is 1. The number of halogens is 1. The molecule has 0 aliphatic carbocycles. The first-order valence-electron chi connectivity index (χ1n) is 9.20. The Labute approximate surface area is 168 Å². The lowest BCUT2D eigenvalue weighted by Crippen LogP contribution is -2.64. The zero-order valence-electron chi connectivity index (χ0n) is 15.6. The zero-order chi connectivity index (χ0) is 19.7. The summed E-state index contributed by atoms with van der Waals surface area (Å²) >= 11 is 5.90. The number of hydrogen-bond acceptors (Lipinski definition) is 4. The van der Waals surface area contributed by atoms with E-state index in [1.54, 1.807) is 41.6 Å². The largest absolute Gasteiger partial charge is 0.323 e. The van der Waals surface area contributed by atoms with Gasteiger partial charge in [-0.05, 0) is 49.9 Å². The molecule has 2 saturated heterocycles. The number of aromatic nitrogens is 1. The smallest absolute Gasteiger partial charge is 0.321 e. The Morgan fingerprint density at radius 2 is 2.00 bits per heavy atom. The molecule has 1 N–H and O–H groups in total. The molecule has 2 aliphatic rings. The van der Waals surface area contributed by atoms with E-state index in [0.29, 0.717) is 36.9 Å². The van der Waals surface area contributed by atoms with Crippen molar-refractivity contribution < 1.29 is 9.59 Å². The molecule has 146 valence electrons. The number of carbonyl (C=O) groups is 2. The third-order valence-corrected chi connectivity index (χ3v) is 5.86. The number of piperazine rings is 1. The molecule has 0 bridgehead atoms. The molecule has 1 aromatic heterocycles. The molecule has 3 heterocycles. The Morgan fingerprint density at radius 3 is 2.71 bits per heavy atom. The van der Waals surface area contributed by atoms with Gasteiger partial charge in [0.05, 0.1) is 24.0 Å². The van der Waals surface area contributed by atoms with E-state index in [0.717, 1.165) is 12.1 Å². The predicted molar refractivity (Wildman–Crippen MR) is 109 cm³/mol. The maximum absolute atomic E-state index is 12.7. The van der Waals surface area contributed by atoms with Crippen LogP contribution in [-0.2, 0) is 4.79 Å². The van der Waals surface area contributed by atoms with Gasteiger partial charge < -0.3 is 15.1 Å². The average Bonchev–Trinajstić information content (AvgIpc) is 3.13. The zero-order valence-corrected chi connectivity index (χ0v) is 16.4. The van der Waals surface area contributed by atoms with Gasteiger partial charge >= 0.3 is 6.03 Å². The number of carbonyl (C=O) groups excluding carboxylic acids is 2. The molecule has 4 rings (SSSR count). The van der Waals surface area contributed by atoms with E-state index in [9.17, 15) is 9.59 Å². The van der Waals surface area contributed by atoms with Gasteiger partial charge in [-0.1, -0.05) is 11.6 Å². The fourth-order valence-electron chi connectivity index (χ4n) is 3.91. The maximum atomic E-state index is 12.7.